The molecule has 4 rings (SSSR count). The minimum atomic E-state index is -3.51. The Bertz CT molecular complexity index is 1490. The van der Waals surface area contributed by atoms with Crippen LogP contribution in [-0.4, -0.2) is 84.7 Å². The summed E-state index contributed by atoms with van der Waals surface area (Å²) >= 11 is 0. The van der Waals surface area contributed by atoms with Crippen LogP contribution in [0.4, 0.5) is 4.79 Å². The number of Topliss-reactive ketones (excluding diaryl/α,β-unsaturated/α-hetero) is 4. The van der Waals surface area contributed by atoms with E-state index in [2.05, 4.69) is 25.7 Å². The summed E-state index contributed by atoms with van der Waals surface area (Å²) in [6.07, 6.45) is 6.99. The van der Waals surface area contributed by atoms with Crippen molar-refractivity contribution >= 4 is 45.0 Å². The minimum Gasteiger partial charge on any atom is -0.450 e. The summed E-state index contributed by atoms with van der Waals surface area (Å²) in [5, 5.41) is 2.69. The molecule has 292 valence electrons. The van der Waals surface area contributed by atoms with Crippen LogP contribution in [0.2, 0.25) is 0 Å². The van der Waals surface area contributed by atoms with Gasteiger partial charge in [0.1, 0.15) is 5.78 Å². The zero-order valence-electron chi connectivity index (χ0n) is 32.1. The molecule has 0 aromatic carbocycles. The van der Waals surface area contributed by atoms with Gasteiger partial charge in [0.15, 0.2) is 21.4 Å². The third-order valence-electron chi connectivity index (χ3n) is 12.4. The second kappa shape index (κ2) is 17.1. The van der Waals surface area contributed by atoms with Crippen molar-refractivity contribution < 1.29 is 41.9 Å². The molecule has 0 aromatic rings. The average molecular weight is 747 g/mol. The monoisotopic (exact) mass is 746 g/mol. The summed E-state index contributed by atoms with van der Waals surface area (Å²) < 4.78 is 31.2. The van der Waals surface area contributed by atoms with Gasteiger partial charge < -0.3 is 15.0 Å². The first kappa shape index (κ1) is 41.9. The Labute approximate surface area is 310 Å². The molecule has 2 saturated heterocycles. The average Bonchev–Trinajstić information content (AvgIpc) is 3.37. The van der Waals surface area contributed by atoms with Gasteiger partial charge in [0.05, 0.1) is 23.1 Å². The summed E-state index contributed by atoms with van der Waals surface area (Å²) in [6.45, 7) is 13.5. The van der Waals surface area contributed by atoms with Gasteiger partial charge in [0.2, 0.25) is 11.7 Å². The van der Waals surface area contributed by atoms with Gasteiger partial charge >= 0.3 is 6.09 Å². The van der Waals surface area contributed by atoms with Crippen LogP contribution in [0.1, 0.15) is 131 Å². The van der Waals surface area contributed by atoms with Crippen molar-refractivity contribution in [1.82, 2.24) is 10.2 Å². The van der Waals surface area contributed by atoms with Crippen LogP contribution in [0.25, 0.3) is 0 Å². The SMILES string of the molecule is C=CCCC(=O)C(=O)[C@@H]1CCCCNC(=O)OCCC[C@H](CC(=O)CC2(CS(=O)(=O)C(C)(C)C)CCCCC2)C(=O)N2C[C@H]3[C@@H]([C@H]2C(=O)C1)C3(C)C. The molecule has 2 aliphatic carbocycles. The highest BCUT2D eigenvalue weighted by atomic mass is 32.2. The lowest BCUT2D eigenvalue weighted by atomic mass is 9.71. The van der Waals surface area contributed by atoms with E-state index in [1.807, 2.05) is 0 Å². The number of sulfone groups is 1. The lowest BCUT2D eigenvalue weighted by Crippen LogP contribution is -2.49. The first-order valence-corrected chi connectivity index (χ1v) is 21.1. The number of rotatable bonds is 11. The Kier molecular flexibility index (Phi) is 13.7. The Morgan fingerprint density at radius 3 is 2.35 bits per heavy atom. The number of ketones is 4. The first-order valence-electron chi connectivity index (χ1n) is 19.5. The van der Waals surface area contributed by atoms with Gasteiger partial charge in [-0.05, 0) is 88.4 Å². The third-order valence-corrected chi connectivity index (χ3v) is 15.3. The lowest BCUT2D eigenvalue weighted by Gasteiger charge is -2.39. The zero-order chi connectivity index (χ0) is 38.5. The summed E-state index contributed by atoms with van der Waals surface area (Å²) in [5.41, 5.74) is -0.864. The minimum absolute atomic E-state index is 0.0192. The molecule has 0 spiro atoms. The highest BCUT2D eigenvalue weighted by molar-refractivity contribution is 7.92. The highest BCUT2D eigenvalue weighted by Crippen LogP contribution is 2.65. The summed E-state index contributed by atoms with van der Waals surface area (Å²) in [5.74, 6) is -3.55. The Hall–Kier alpha value is -2.89. The molecule has 12 heteroatoms. The van der Waals surface area contributed by atoms with Crippen LogP contribution in [0, 0.1) is 34.5 Å². The van der Waals surface area contributed by atoms with Crippen molar-refractivity contribution in [1.29, 1.82) is 0 Å². The predicted octanol–water partition coefficient (Wildman–Crippen LogP) is 5.97. The van der Waals surface area contributed by atoms with Gasteiger partial charge in [-0.3, -0.25) is 24.0 Å². The summed E-state index contributed by atoms with van der Waals surface area (Å²) in [7, 11) is -3.51. The molecule has 4 fully saturated rings. The fourth-order valence-corrected chi connectivity index (χ4v) is 10.6. The van der Waals surface area contributed by atoms with Gasteiger partial charge in [0, 0.05) is 50.6 Å². The number of allylic oxidation sites excluding steroid dienone is 1. The van der Waals surface area contributed by atoms with Crippen LogP contribution < -0.4 is 5.32 Å². The van der Waals surface area contributed by atoms with E-state index in [0.717, 1.165) is 19.3 Å². The molecular weight excluding hydrogens is 685 g/mol. The van der Waals surface area contributed by atoms with E-state index in [9.17, 15) is 37.2 Å². The summed E-state index contributed by atoms with van der Waals surface area (Å²) in [4.78, 5) is 83.1. The normalized spacial score (nSPS) is 28.8. The molecule has 0 aromatic heterocycles. The van der Waals surface area contributed by atoms with Crippen molar-refractivity contribution in [3.8, 4) is 0 Å². The molecule has 11 nitrogen and oxygen atoms in total. The van der Waals surface area contributed by atoms with E-state index in [4.69, 9.17) is 4.74 Å². The standard InChI is InChI=1S/C40H62N2O9S/c1-7-8-17-31(44)35(46)27-15-10-13-20-41-37(48)51-21-14-16-28(36(47)42-25-30-33(39(30,5)6)34(42)32(45)23-27)22-29(43)24-40(18-11-9-12-19-40)26-52(49,50)38(2,3)4/h7,27-28,30,33-34H,1,8-26H2,2-6H3,(H,41,48)/t27-,28-,30+,33+,34-/m1/s1. The van der Waals surface area contributed by atoms with E-state index in [0.29, 0.717) is 58.0 Å². The largest absolute Gasteiger partial charge is 0.450 e. The van der Waals surface area contributed by atoms with Crippen LogP contribution >= 0.6 is 0 Å². The second-order valence-electron chi connectivity index (χ2n) is 17.6. The van der Waals surface area contributed by atoms with Crippen LogP contribution in [-0.2, 0) is 38.5 Å². The fraction of sp³-hybridized carbons (Fsp3) is 0.800. The number of cyclic esters (lactones) is 1. The number of hydrogen-bond acceptors (Lipinski definition) is 9. The molecule has 4 aliphatic rings. The lowest BCUT2D eigenvalue weighted by molar-refractivity contribution is -0.145. The van der Waals surface area contributed by atoms with Gasteiger partial charge in [-0.15, -0.1) is 6.58 Å². The number of ether oxygens (including phenoxy) is 1. The molecular formula is C40H62N2O9S. The Morgan fingerprint density at radius 2 is 1.69 bits per heavy atom. The first-order chi connectivity index (χ1) is 24.3. The van der Waals surface area contributed by atoms with E-state index in [-0.39, 0.29) is 79.2 Å². The maximum Gasteiger partial charge on any atom is 0.407 e. The molecule has 2 amide bonds. The van der Waals surface area contributed by atoms with E-state index in [1.54, 1.807) is 31.7 Å². The highest BCUT2D eigenvalue weighted by Gasteiger charge is 2.69. The number of piperidine rings is 1. The number of nitrogens with zero attached hydrogens (tertiary/aromatic N) is 1. The third kappa shape index (κ3) is 9.99. The number of carbonyl (C=O) groups excluding carboxylic acids is 6. The van der Waals surface area contributed by atoms with Crippen molar-refractivity contribution in [2.45, 2.75) is 142 Å². The molecule has 52 heavy (non-hydrogen) atoms. The number of amides is 2. The number of alkyl carbamates (subject to hydrolysis) is 1. The second-order valence-corrected chi connectivity index (χ2v) is 20.4. The van der Waals surface area contributed by atoms with Crippen LogP contribution in [0.3, 0.4) is 0 Å². The van der Waals surface area contributed by atoms with Gasteiger partial charge in [-0.25, -0.2) is 13.2 Å². The number of fused-ring (bicyclic) bond motifs is 3. The molecule has 1 N–H and O–H groups in total. The van der Waals surface area contributed by atoms with Gasteiger partial charge in [-0.2, -0.15) is 0 Å². The molecule has 5 atom stereocenters. The van der Waals surface area contributed by atoms with E-state index >= 15 is 0 Å². The van der Waals surface area contributed by atoms with E-state index in [1.165, 1.54) is 0 Å². The van der Waals surface area contributed by atoms with Crippen molar-refractivity contribution in [3.05, 3.63) is 12.7 Å². The molecule has 0 radical (unpaired) electrons. The van der Waals surface area contributed by atoms with Gasteiger partial charge in [-0.1, -0.05) is 45.6 Å². The maximum atomic E-state index is 14.5. The van der Waals surface area contributed by atoms with Crippen molar-refractivity contribution in [2.75, 3.05) is 25.4 Å². The number of carbonyl (C=O) groups is 6. The Balaban J connectivity index is 1.61. The maximum absolute atomic E-state index is 14.5. The molecule has 2 saturated carbocycles. The molecule has 0 bridgehead atoms. The quantitative estimate of drug-likeness (QED) is 0.199. The smallest absolute Gasteiger partial charge is 0.407 e. The van der Waals surface area contributed by atoms with Crippen molar-refractivity contribution in [3.63, 3.8) is 0 Å². The predicted molar refractivity (Wildman–Crippen MR) is 198 cm³/mol. The topological polar surface area (TPSA) is 161 Å². The Morgan fingerprint density at radius 1 is 1.00 bits per heavy atom. The van der Waals surface area contributed by atoms with E-state index < -0.39 is 55.5 Å². The number of nitrogens with one attached hydrogen (secondary N) is 1. The molecule has 0 unspecified atom stereocenters. The molecule has 2 heterocycles. The fourth-order valence-electron chi connectivity index (χ4n) is 9.01. The van der Waals surface area contributed by atoms with Gasteiger partial charge in [0.25, 0.3) is 0 Å². The summed E-state index contributed by atoms with van der Waals surface area (Å²) in [6, 6.07) is -0.763. The van der Waals surface area contributed by atoms with Crippen LogP contribution in [0.5, 0.6) is 0 Å². The number of hydrogen-bond donors (Lipinski definition) is 1. The zero-order valence-corrected chi connectivity index (χ0v) is 33.0. The van der Waals surface area contributed by atoms with Crippen LogP contribution in [0.15, 0.2) is 12.7 Å². The van der Waals surface area contributed by atoms with Crippen molar-refractivity contribution in [2.24, 2.45) is 34.5 Å². The molecule has 2 aliphatic heterocycles.